The van der Waals surface area contributed by atoms with Crippen LogP contribution in [0.3, 0.4) is 0 Å². The van der Waals surface area contributed by atoms with Gasteiger partial charge < -0.3 is 21.1 Å². The van der Waals surface area contributed by atoms with Gasteiger partial charge in [0.15, 0.2) is 0 Å². The molecule has 0 aliphatic carbocycles. The van der Waals surface area contributed by atoms with Gasteiger partial charge in [-0.25, -0.2) is 0 Å². The van der Waals surface area contributed by atoms with E-state index in [-0.39, 0.29) is 0 Å². The van der Waals surface area contributed by atoms with E-state index < -0.39 is 7.12 Å². The molecule has 0 unspecified atom stereocenters. The van der Waals surface area contributed by atoms with Crippen LogP contribution in [0.15, 0.2) is 24.3 Å². The molecule has 5 N–H and O–H groups in total. The summed E-state index contributed by atoms with van der Waals surface area (Å²) in [6.07, 6.45) is 3.17. The van der Waals surface area contributed by atoms with E-state index in [1.807, 2.05) is 19.1 Å². The lowest BCUT2D eigenvalue weighted by molar-refractivity contribution is 0.258. The van der Waals surface area contributed by atoms with Gasteiger partial charge in [-0.2, -0.15) is 0 Å². The van der Waals surface area contributed by atoms with Crippen molar-refractivity contribution in [3.05, 3.63) is 29.8 Å². The van der Waals surface area contributed by atoms with Gasteiger partial charge in [0.2, 0.25) is 0 Å². The Bertz CT molecular complexity index is 389. The molecular weight excluding hydrogens is 277 g/mol. The highest BCUT2D eigenvalue weighted by Gasteiger charge is 2.15. The van der Waals surface area contributed by atoms with Gasteiger partial charge in [0.1, 0.15) is 0 Å². The second-order valence-electron chi connectivity index (χ2n) is 5.46. The Hall–Kier alpha value is -0.915. The van der Waals surface area contributed by atoms with E-state index in [1.165, 1.54) is 5.56 Å². The molecule has 0 atom stereocenters. The zero-order chi connectivity index (χ0) is 16.2. The Labute approximate surface area is 134 Å². The minimum absolute atomic E-state index is 0.497. The summed E-state index contributed by atoms with van der Waals surface area (Å²) < 4.78 is 5.19. The molecule has 22 heavy (non-hydrogen) atoms. The average molecular weight is 307 g/mol. The van der Waals surface area contributed by atoms with Crippen molar-refractivity contribution in [2.75, 3.05) is 32.8 Å². The van der Waals surface area contributed by atoms with Crippen LogP contribution in [0.5, 0.6) is 0 Å². The number of nitrogens with two attached hydrogens (primary N) is 2. The predicted molar refractivity (Wildman–Crippen MR) is 92.9 cm³/mol. The third kappa shape index (κ3) is 7.38. The largest absolute Gasteiger partial charge is 0.491 e. The van der Waals surface area contributed by atoms with Crippen molar-refractivity contribution in [3.8, 4) is 0 Å². The number of hydrogen-bond donors (Lipinski definition) is 3. The summed E-state index contributed by atoms with van der Waals surface area (Å²) >= 11 is 0. The van der Waals surface area contributed by atoms with E-state index in [2.05, 4.69) is 17.0 Å². The second kappa shape index (κ2) is 11.6. The number of unbranched alkanes of at least 4 members (excludes halogenated alkanes) is 1. The van der Waals surface area contributed by atoms with Crippen molar-refractivity contribution >= 4 is 12.6 Å². The highest BCUT2D eigenvalue weighted by Crippen LogP contribution is 2.06. The molecule has 0 heterocycles. The summed E-state index contributed by atoms with van der Waals surface area (Å²) in [5.74, 6) is 0. The summed E-state index contributed by atoms with van der Waals surface area (Å²) in [7, 11) is -0.836. The Morgan fingerprint density at radius 3 is 2.27 bits per heavy atom. The number of rotatable bonds is 12. The molecule has 6 heteroatoms. The summed E-state index contributed by atoms with van der Waals surface area (Å²) in [5, 5.41) is 9.79. The number of hydrogen-bond acceptors (Lipinski definition) is 5. The Kier molecular flexibility index (Phi) is 10.1. The maximum atomic E-state index is 9.79. The summed E-state index contributed by atoms with van der Waals surface area (Å²) in [6, 6.07) is 7.96. The molecule has 0 amide bonds. The Balaban J connectivity index is 2.55. The maximum Gasteiger partial charge on any atom is 0.491 e. The first kappa shape index (κ1) is 19.1. The van der Waals surface area contributed by atoms with Crippen LogP contribution in [-0.2, 0) is 11.2 Å². The first-order chi connectivity index (χ1) is 10.7. The van der Waals surface area contributed by atoms with Crippen LogP contribution in [0.2, 0.25) is 0 Å². The van der Waals surface area contributed by atoms with Gasteiger partial charge in [0.05, 0.1) is 0 Å². The van der Waals surface area contributed by atoms with Gasteiger partial charge in [-0.1, -0.05) is 24.3 Å². The van der Waals surface area contributed by atoms with Crippen molar-refractivity contribution in [1.82, 2.24) is 4.90 Å². The fraction of sp³-hybridized carbons (Fsp3) is 0.625. The molecule has 0 fully saturated rings. The molecule has 1 aromatic rings. The van der Waals surface area contributed by atoms with E-state index in [4.69, 9.17) is 16.1 Å². The van der Waals surface area contributed by atoms with Crippen molar-refractivity contribution < 1.29 is 9.68 Å². The number of benzene rings is 1. The lowest BCUT2D eigenvalue weighted by Gasteiger charge is -2.22. The SMILES string of the molecule is CCOB(O)c1ccc(CN(CCCN)CCCCN)cc1. The van der Waals surface area contributed by atoms with Gasteiger partial charge in [-0.15, -0.1) is 0 Å². The van der Waals surface area contributed by atoms with Crippen LogP contribution in [0, 0.1) is 0 Å². The summed E-state index contributed by atoms with van der Waals surface area (Å²) in [5.41, 5.74) is 13.2. The van der Waals surface area contributed by atoms with E-state index >= 15 is 0 Å². The van der Waals surface area contributed by atoms with Crippen molar-refractivity contribution in [2.24, 2.45) is 11.5 Å². The van der Waals surface area contributed by atoms with Gasteiger partial charge in [0.25, 0.3) is 0 Å². The second-order valence-corrected chi connectivity index (χ2v) is 5.46. The predicted octanol–water partition coefficient (Wildman–Crippen LogP) is 0.300. The number of nitrogens with zero attached hydrogens (tertiary/aromatic N) is 1. The Morgan fingerprint density at radius 2 is 1.68 bits per heavy atom. The molecule has 0 spiro atoms. The van der Waals surface area contributed by atoms with Gasteiger partial charge >= 0.3 is 7.12 Å². The third-order valence-corrected chi connectivity index (χ3v) is 3.60. The average Bonchev–Trinajstić information content (AvgIpc) is 2.53. The standard InChI is InChI=1S/C16H30BN3O2/c1-2-22-17(21)16-8-6-15(7-9-16)14-20(13-5-11-19)12-4-3-10-18/h6-9,21H,2-5,10-14,18-19H2,1H3. The molecule has 124 valence electrons. The zero-order valence-electron chi connectivity index (χ0n) is 13.7. The summed E-state index contributed by atoms with van der Waals surface area (Å²) in [6.45, 7) is 6.77. The van der Waals surface area contributed by atoms with Crippen LogP contribution in [-0.4, -0.2) is 49.8 Å². The van der Waals surface area contributed by atoms with Crippen LogP contribution < -0.4 is 16.9 Å². The zero-order valence-corrected chi connectivity index (χ0v) is 13.7. The van der Waals surface area contributed by atoms with Gasteiger partial charge in [0, 0.05) is 13.2 Å². The highest BCUT2D eigenvalue weighted by molar-refractivity contribution is 6.59. The van der Waals surface area contributed by atoms with E-state index in [1.54, 1.807) is 0 Å². The molecule has 1 aromatic carbocycles. The molecular formula is C16H30BN3O2. The third-order valence-electron chi connectivity index (χ3n) is 3.60. The topological polar surface area (TPSA) is 84.7 Å². The molecule has 0 aromatic heterocycles. The van der Waals surface area contributed by atoms with E-state index in [0.29, 0.717) is 13.2 Å². The molecule has 0 aliphatic rings. The maximum absolute atomic E-state index is 9.79. The minimum atomic E-state index is -0.836. The van der Waals surface area contributed by atoms with Crippen molar-refractivity contribution in [1.29, 1.82) is 0 Å². The smallest absolute Gasteiger partial charge is 0.423 e. The summed E-state index contributed by atoms with van der Waals surface area (Å²) in [4.78, 5) is 2.41. The fourth-order valence-corrected chi connectivity index (χ4v) is 2.36. The normalized spacial score (nSPS) is 11.1. The first-order valence-corrected chi connectivity index (χ1v) is 8.22. The molecule has 0 bridgehead atoms. The van der Waals surface area contributed by atoms with Crippen LogP contribution in [0.4, 0.5) is 0 Å². The molecule has 0 radical (unpaired) electrons. The Morgan fingerprint density at radius 1 is 1.05 bits per heavy atom. The lowest BCUT2D eigenvalue weighted by Crippen LogP contribution is -2.33. The van der Waals surface area contributed by atoms with E-state index in [0.717, 1.165) is 50.9 Å². The van der Waals surface area contributed by atoms with Crippen molar-refractivity contribution in [3.63, 3.8) is 0 Å². The first-order valence-electron chi connectivity index (χ1n) is 8.22. The fourth-order valence-electron chi connectivity index (χ4n) is 2.36. The molecule has 0 aliphatic heterocycles. The van der Waals surface area contributed by atoms with Crippen LogP contribution >= 0.6 is 0 Å². The monoisotopic (exact) mass is 307 g/mol. The van der Waals surface area contributed by atoms with Crippen molar-refractivity contribution in [2.45, 2.75) is 32.7 Å². The lowest BCUT2D eigenvalue weighted by atomic mass is 9.79. The molecule has 5 nitrogen and oxygen atoms in total. The minimum Gasteiger partial charge on any atom is -0.423 e. The van der Waals surface area contributed by atoms with Gasteiger partial charge in [-0.3, -0.25) is 4.90 Å². The van der Waals surface area contributed by atoms with E-state index in [9.17, 15) is 5.02 Å². The molecule has 0 saturated carbocycles. The van der Waals surface area contributed by atoms with Crippen LogP contribution in [0.25, 0.3) is 0 Å². The van der Waals surface area contributed by atoms with Crippen LogP contribution in [0.1, 0.15) is 31.7 Å². The highest BCUT2D eigenvalue weighted by atomic mass is 16.5. The molecule has 0 saturated heterocycles. The van der Waals surface area contributed by atoms with Gasteiger partial charge in [-0.05, 0) is 63.4 Å². The quantitative estimate of drug-likeness (QED) is 0.382. The molecule has 1 rings (SSSR count).